The summed E-state index contributed by atoms with van der Waals surface area (Å²) in [7, 11) is 1.28. The van der Waals surface area contributed by atoms with Crippen molar-refractivity contribution in [1.82, 2.24) is 14.3 Å². The van der Waals surface area contributed by atoms with Gasteiger partial charge in [-0.3, -0.25) is 14.3 Å². The first-order valence-corrected chi connectivity index (χ1v) is 8.70. The standard InChI is InChI=1S/C17H17FN4O3S/c1-10(2)22-7-6-12(20-22)16(24)19-17-21(9-15(23)25-3)13-5-4-11(18)8-14(13)26-17/h4-8,10H,9H2,1-3H3. The summed E-state index contributed by atoms with van der Waals surface area (Å²) in [5, 5.41) is 4.20. The molecule has 0 bridgehead atoms. The highest BCUT2D eigenvalue weighted by molar-refractivity contribution is 7.16. The highest BCUT2D eigenvalue weighted by Gasteiger charge is 2.14. The van der Waals surface area contributed by atoms with Crippen LogP contribution in [0.15, 0.2) is 35.5 Å². The predicted molar refractivity (Wildman–Crippen MR) is 94.3 cm³/mol. The summed E-state index contributed by atoms with van der Waals surface area (Å²) >= 11 is 1.12. The van der Waals surface area contributed by atoms with Crippen molar-refractivity contribution in [1.29, 1.82) is 0 Å². The zero-order valence-electron chi connectivity index (χ0n) is 14.5. The van der Waals surface area contributed by atoms with Crippen molar-refractivity contribution < 1.29 is 18.7 Å². The van der Waals surface area contributed by atoms with Crippen molar-refractivity contribution in [3.8, 4) is 0 Å². The van der Waals surface area contributed by atoms with Gasteiger partial charge in [0.1, 0.15) is 12.4 Å². The molecule has 9 heteroatoms. The minimum Gasteiger partial charge on any atom is -0.468 e. The molecule has 26 heavy (non-hydrogen) atoms. The lowest BCUT2D eigenvalue weighted by Gasteiger charge is -2.03. The topological polar surface area (TPSA) is 78.5 Å². The highest BCUT2D eigenvalue weighted by Crippen LogP contribution is 2.19. The molecule has 0 aliphatic heterocycles. The van der Waals surface area contributed by atoms with E-state index < -0.39 is 17.7 Å². The van der Waals surface area contributed by atoms with Crippen molar-refractivity contribution in [2.24, 2.45) is 4.99 Å². The fraction of sp³-hybridized carbons (Fsp3) is 0.294. The maximum Gasteiger partial charge on any atom is 0.325 e. The molecule has 2 aromatic heterocycles. The number of hydrogen-bond donors (Lipinski definition) is 0. The van der Waals surface area contributed by atoms with Gasteiger partial charge in [0.2, 0.25) is 0 Å². The van der Waals surface area contributed by atoms with E-state index >= 15 is 0 Å². The Kier molecular flexibility index (Phi) is 4.99. The summed E-state index contributed by atoms with van der Waals surface area (Å²) in [6.45, 7) is 3.77. The monoisotopic (exact) mass is 376 g/mol. The van der Waals surface area contributed by atoms with Gasteiger partial charge in [0.05, 0.1) is 17.3 Å². The van der Waals surface area contributed by atoms with Crippen LogP contribution in [0, 0.1) is 5.82 Å². The predicted octanol–water partition coefficient (Wildman–Crippen LogP) is 2.53. The summed E-state index contributed by atoms with van der Waals surface area (Å²) in [5.74, 6) is -1.43. The van der Waals surface area contributed by atoms with Gasteiger partial charge in [-0.1, -0.05) is 11.3 Å². The third-order valence-corrected chi connectivity index (χ3v) is 4.75. The molecule has 0 radical (unpaired) electrons. The van der Waals surface area contributed by atoms with E-state index in [9.17, 15) is 14.0 Å². The maximum absolute atomic E-state index is 13.5. The third-order valence-electron chi connectivity index (χ3n) is 3.71. The number of carbonyl (C=O) groups excluding carboxylic acids is 2. The molecule has 3 aromatic rings. The number of hydrogen-bond acceptors (Lipinski definition) is 5. The molecule has 1 aromatic carbocycles. The van der Waals surface area contributed by atoms with Gasteiger partial charge in [0, 0.05) is 12.2 Å². The number of methoxy groups -OCH3 is 1. The SMILES string of the molecule is COC(=O)Cn1c(=NC(=O)c2ccn(C(C)C)n2)sc2cc(F)ccc21. The van der Waals surface area contributed by atoms with Crippen LogP contribution in [-0.4, -0.2) is 33.3 Å². The summed E-state index contributed by atoms with van der Waals surface area (Å²) in [6, 6.07) is 5.88. The Balaban J connectivity index is 2.09. The molecular weight excluding hydrogens is 359 g/mol. The van der Waals surface area contributed by atoms with Crippen LogP contribution in [0.25, 0.3) is 10.2 Å². The van der Waals surface area contributed by atoms with Gasteiger partial charge in [-0.15, -0.1) is 0 Å². The van der Waals surface area contributed by atoms with E-state index in [1.807, 2.05) is 13.8 Å². The number of halogens is 1. The molecule has 0 atom stereocenters. The van der Waals surface area contributed by atoms with E-state index in [1.54, 1.807) is 23.0 Å². The lowest BCUT2D eigenvalue weighted by molar-refractivity contribution is -0.141. The molecule has 0 spiro atoms. The quantitative estimate of drug-likeness (QED) is 0.656. The second kappa shape index (κ2) is 7.20. The van der Waals surface area contributed by atoms with Gasteiger partial charge in [0.25, 0.3) is 5.91 Å². The smallest absolute Gasteiger partial charge is 0.325 e. The number of carbonyl (C=O) groups is 2. The number of fused-ring (bicyclic) bond motifs is 1. The van der Waals surface area contributed by atoms with E-state index in [0.717, 1.165) is 11.3 Å². The Bertz CT molecular complexity index is 1050. The number of rotatable bonds is 4. The summed E-state index contributed by atoms with van der Waals surface area (Å²) in [5.41, 5.74) is 0.799. The van der Waals surface area contributed by atoms with Crippen LogP contribution in [0.4, 0.5) is 4.39 Å². The first-order chi connectivity index (χ1) is 12.4. The Labute approximate surface area is 152 Å². The number of ether oxygens (including phenoxy) is 1. The molecular formula is C17H17FN4O3S. The molecule has 0 aliphatic rings. The second-order valence-electron chi connectivity index (χ2n) is 5.85. The number of esters is 1. The largest absolute Gasteiger partial charge is 0.468 e. The molecule has 0 saturated carbocycles. The fourth-order valence-electron chi connectivity index (χ4n) is 2.36. The van der Waals surface area contributed by atoms with E-state index in [2.05, 4.69) is 10.1 Å². The van der Waals surface area contributed by atoms with Gasteiger partial charge in [-0.2, -0.15) is 10.1 Å². The summed E-state index contributed by atoms with van der Waals surface area (Å²) in [4.78, 5) is 28.6. The minimum atomic E-state index is -0.532. The molecule has 7 nitrogen and oxygen atoms in total. The van der Waals surface area contributed by atoms with Crippen molar-refractivity contribution in [2.45, 2.75) is 26.4 Å². The zero-order valence-corrected chi connectivity index (χ0v) is 15.3. The Morgan fingerprint density at radius 3 is 2.77 bits per heavy atom. The third kappa shape index (κ3) is 3.57. The first kappa shape index (κ1) is 18.0. The van der Waals surface area contributed by atoms with Gasteiger partial charge < -0.3 is 9.30 Å². The molecule has 0 saturated heterocycles. The molecule has 2 heterocycles. The molecule has 0 unspecified atom stereocenters. The van der Waals surface area contributed by atoms with Gasteiger partial charge in [0.15, 0.2) is 10.5 Å². The van der Waals surface area contributed by atoms with Crippen molar-refractivity contribution in [2.75, 3.05) is 7.11 Å². The molecule has 3 rings (SSSR count). The number of thiazole rings is 1. The molecule has 0 fully saturated rings. The van der Waals surface area contributed by atoms with E-state index in [0.29, 0.717) is 10.2 Å². The van der Waals surface area contributed by atoms with E-state index in [-0.39, 0.29) is 23.1 Å². The van der Waals surface area contributed by atoms with Crippen LogP contribution in [-0.2, 0) is 16.1 Å². The minimum absolute atomic E-state index is 0.119. The highest BCUT2D eigenvalue weighted by atomic mass is 32.1. The summed E-state index contributed by atoms with van der Waals surface area (Å²) < 4.78 is 22.0. The number of nitrogens with zero attached hydrogens (tertiary/aromatic N) is 4. The van der Waals surface area contributed by atoms with E-state index in [1.165, 1.54) is 23.8 Å². The van der Waals surface area contributed by atoms with Crippen LogP contribution < -0.4 is 4.80 Å². The molecule has 0 aliphatic carbocycles. The van der Waals surface area contributed by atoms with Crippen molar-refractivity contribution in [3.63, 3.8) is 0 Å². The van der Waals surface area contributed by atoms with E-state index in [4.69, 9.17) is 4.74 Å². The fourth-order valence-corrected chi connectivity index (χ4v) is 3.42. The van der Waals surface area contributed by atoms with Crippen LogP contribution >= 0.6 is 11.3 Å². The number of aromatic nitrogens is 3. The zero-order chi connectivity index (χ0) is 18.8. The number of benzene rings is 1. The molecule has 1 amide bonds. The maximum atomic E-state index is 13.5. The summed E-state index contributed by atoms with van der Waals surface area (Å²) in [6.07, 6.45) is 1.70. The number of amides is 1. The van der Waals surface area contributed by atoms with Crippen LogP contribution in [0.5, 0.6) is 0 Å². The van der Waals surface area contributed by atoms with Crippen LogP contribution in [0.1, 0.15) is 30.4 Å². The van der Waals surface area contributed by atoms with Gasteiger partial charge in [-0.05, 0) is 38.1 Å². The van der Waals surface area contributed by atoms with Crippen molar-refractivity contribution >= 4 is 33.4 Å². The molecule has 136 valence electrons. The molecule has 0 N–H and O–H groups in total. The second-order valence-corrected chi connectivity index (χ2v) is 6.86. The van der Waals surface area contributed by atoms with Crippen LogP contribution in [0.2, 0.25) is 0 Å². The van der Waals surface area contributed by atoms with Gasteiger partial charge in [-0.25, -0.2) is 4.39 Å². The normalized spacial score (nSPS) is 12.1. The first-order valence-electron chi connectivity index (χ1n) is 7.89. The van der Waals surface area contributed by atoms with Gasteiger partial charge >= 0.3 is 5.97 Å². The lowest BCUT2D eigenvalue weighted by Crippen LogP contribution is -2.22. The Morgan fingerprint density at radius 1 is 1.35 bits per heavy atom. The average molecular weight is 376 g/mol. The lowest BCUT2D eigenvalue weighted by atomic mass is 10.3. The Morgan fingerprint density at radius 2 is 2.12 bits per heavy atom. The average Bonchev–Trinajstić information content (AvgIpc) is 3.20. The van der Waals surface area contributed by atoms with Crippen LogP contribution in [0.3, 0.4) is 0 Å². The van der Waals surface area contributed by atoms with Crippen molar-refractivity contribution in [3.05, 3.63) is 46.8 Å². The Hall–Kier alpha value is -2.81.